The van der Waals surface area contributed by atoms with Gasteiger partial charge in [0.2, 0.25) is 10.0 Å². The van der Waals surface area contributed by atoms with Crippen LogP contribution >= 0.6 is 0 Å². The maximum absolute atomic E-state index is 12.8. The van der Waals surface area contributed by atoms with Gasteiger partial charge in [-0.05, 0) is 50.6 Å². The SMILES string of the molecule is CNCc1cc(C)c(C)c(S(=O)(=O)N(C)C(C)COC)c1. The fourth-order valence-electron chi connectivity index (χ4n) is 2.21. The predicted octanol–water partition coefficient (Wildman–Crippen LogP) is 1.68. The minimum Gasteiger partial charge on any atom is -0.383 e. The highest BCUT2D eigenvalue weighted by Crippen LogP contribution is 2.25. The van der Waals surface area contributed by atoms with Gasteiger partial charge in [0.1, 0.15) is 0 Å². The van der Waals surface area contributed by atoms with E-state index in [9.17, 15) is 8.42 Å². The minimum atomic E-state index is -3.53. The molecular formula is C15H26N2O3S. The lowest BCUT2D eigenvalue weighted by molar-refractivity contribution is 0.149. The Kier molecular flexibility index (Phi) is 6.34. The first-order valence-corrected chi connectivity index (χ1v) is 8.41. The van der Waals surface area contributed by atoms with Crippen LogP contribution in [-0.4, -0.2) is 46.6 Å². The summed E-state index contributed by atoms with van der Waals surface area (Å²) in [5.74, 6) is 0. The van der Waals surface area contributed by atoms with E-state index in [1.54, 1.807) is 20.2 Å². The molecule has 1 atom stereocenters. The van der Waals surface area contributed by atoms with Crippen molar-refractivity contribution in [2.75, 3.05) is 27.8 Å². The largest absolute Gasteiger partial charge is 0.383 e. The lowest BCUT2D eigenvalue weighted by atomic mass is 10.1. The highest BCUT2D eigenvalue weighted by atomic mass is 32.2. The second-order valence-electron chi connectivity index (χ2n) is 5.39. The summed E-state index contributed by atoms with van der Waals surface area (Å²) in [4.78, 5) is 0.373. The molecule has 0 spiro atoms. The minimum absolute atomic E-state index is 0.215. The molecule has 0 aliphatic rings. The summed E-state index contributed by atoms with van der Waals surface area (Å²) in [6, 6.07) is 3.56. The first kappa shape index (κ1) is 18.1. The molecule has 0 fully saturated rings. The lowest BCUT2D eigenvalue weighted by Crippen LogP contribution is -2.38. The van der Waals surface area contributed by atoms with Gasteiger partial charge in [0.25, 0.3) is 0 Å². The molecular weight excluding hydrogens is 288 g/mol. The van der Waals surface area contributed by atoms with Gasteiger partial charge in [-0.2, -0.15) is 4.31 Å². The molecule has 0 aliphatic carbocycles. The molecule has 0 aliphatic heterocycles. The van der Waals surface area contributed by atoms with Crippen LogP contribution in [0, 0.1) is 13.8 Å². The normalized spacial score (nSPS) is 13.7. The van der Waals surface area contributed by atoms with Crippen LogP contribution < -0.4 is 5.32 Å². The molecule has 0 bridgehead atoms. The third-order valence-electron chi connectivity index (χ3n) is 3.75. The zero-order valence-electron chi connectivity index (χ0n) is 13.7. The van der Waals surface area contributed by atoms with Crippen molar-refractivity contribution in [3.8, 4) is 0 Å². The van der Waals surface area contributed by atoms with Gasteiger partial charge in [0.15, 0.2) is 0 Å². The van der Waals surface area contributed by atoms with E-state index in [1.165, 1.54) is 4.31 Å². The molecule has 1 aromatic rings. The zero-order chi connectivity index (χ0) is 16.2. The molecule has 1 rings (SSSR count). The first-order chi connectivity index (χ1) is 9.75. The average Bonchev–Trinajstić information content (AvgIpc) is 2.42. The number of hydrogen-bond acceptors (Lipinski definition) is 4. The standard InChI is InChI=1S/C15H26N2O3S/c1-11-7-14(9-16-4)8-15(13(11)3)21(18,19)17(5)12(2)10-20-6/h7-8,12,16H,9-10H2,1-6H3. The molecule has 0 amide bonds. The number of nitrogens with one attached hydrogen (secondary N) is 1. The van der Waals surface area contributed by atoms with Crippen molar-refractivity contribution in [2.45, 2.75) is 38.3 Å². The van der Waals surface area contributed by atoms with Crippen LogP contribution in [0.3, 0.4) is 0 Å². The van der Waals surface area contributed by atoms with Crippen LogP contribution in [0.2, 0.25) is 0 Å². The molecule has 0 heterocycles. The third kappa shape index (κ3) is 4.03. The molecule has 5 nitrogen and oxygen atoms in total. The lowest BCUT2D eigenvalue weighted by Gasteiger charge is -2.25. The smallest absolute Gasteiger partial charge is 0.243 e. The van der Waals surface area contributed by atoms with E-state index >= 15 is 0 Å². The van der Waals surface area contributed by atoms with E-state index in [0.717, 1.165) is 16.7 Å². The molecule has 0 saturated carbocycles. The topological polar surface area (TPSA) is 58.6 Å². The molecule has 0 radical (unpaired) electrons. The third-order valence-corrected chi connectivity index (χ3v) is 5.84. The first-order valence-electron chi connectivity index (χ1n) is 6.97. The number of aryl methyl sites for hydroxylation is 1. The monoisotopic (exact) mass is 314 g/mol. The summed E-state index contributed by atoms with van der Waals surface area (Å²) in [6.07, 6.45) is 0. The number of hydrogen-bond donors (Lipinski definition) is 1. The zero-order valence-corrected chi connectivity index (χ0v) is 14.5. The maximum atomic E-state index is 12.8. The van der Waals surface area contributed by atoms with Gasteiger partial charge in [0.05, 0.1) is 11.5 Å². The number of rotatable bonds is 7. The van der Waals surface area contributed by atoms with Gasteiger partial charge in [-0.15, -0.1) is 0 Å². The fourth-order valence-corrected chi connectivity index (χ4v) is 3.90. The van der Waals surface area contributed by atoms with E-state index in [0.29, 0.717) is 18.0 Å². The van der Waals surface area contributed by atoms with Gasteiger partial charge in [-0.25, -0.2) is 8.42 Å². The Morgan fingerprint density at radius 1 is 1.33 bits per heavy atom. The molecule has 120 valence electrons. The maximum Gasteiger partial charge on any atom is 0.243 e. The van der Waals surface area contributed by atoms with Gasteiger partial charge in [-0.3, -0.25) is 0 Å². The van der Waals surface area contributed by atoms with E-state index in [-0.39, 0.29) is 6.04 Å². The molecule has 0 aromatic heterocycles. The van der Waals surface area contributed by atoms with E-state index in [1.807, 2.05) is 33.9 Å². The average molecular weight is 314 g/mol. The highest BCUT2D eigenvalue weighted by molar-refractivity contribution is 7.89. The molecule has 0 saturated heterocycles. The number of nitrogens with zero attached hydrogens (tertiary/aromatic N) is 1. The van der Waals surface area contributed by atoms with Crippen molar-refractivity contribution in [1.29, 1.82) is 0 Å². The van der Waals surface area contributed by atoms with E-state index in [4.69, 9.17) is 4.74 Å². The van der Waals surface area contributed by atoms with Crippen LogP contribution in [0.5, 0.6) is 0 Å². The van der Waals surface area contributed by atoms with Crippen LogP contribution in [-0.2, 0) is 21.3 Å². The summed E-state index contributed by atoms with van der Waals surface area (Å²) >= 11 is 0. The summed E-state index contributed by atoms with van der Waals surface area (Å²) in [6.45, 7) is 6.62. The predicted molar refractivity (Wildman–Crippen MR) is 85.0 cm³/mol. The Morgan fingerprint density at radius 2 is 1.95 bits per heavy atom. The van der Waals surface area contributed by atoms with Gasteiger partial charge < -0.3 is 10.1 Å². The Hall–Kier alpha value is -0.950. The number of likely N-dealkylation sites (N-methyl/N-ethyl adjacent to an activating group) is 1. The molecule has 6 heteroatoms. The van der Waals surface area contributed by atoms with Crippen molar-refractivity contribution in [1.82, 2.24) is 9.62 Å². The van der Waals surface area contributed by atoms with Crippen molar-refractivity contribution in [3.05, 3.63) is 28.8 Å². The van der Waals surface area contributed by atoms with E-state index in [2.05, 4.69) is 5.32 Å². The highest BCUT2D eigenvalue weighted by Gasteiger charge is 2.27. The second-order valence-corrected chi connectivity index (χ2v) is 7.36. The Balaban J connectivity index is 3.30. The van der Waals surface area contributed by atoms with E-state index < -0.39 is 10.0 Å². The van der Waals surface area contributed by atoms with Crippen molar-refractivity contribution >= 4 is 10.0 Å². The molecule has 21 heavy (non-hydrogen) atoms. The molecule has 1 unspecified atom stereocenters. The fraction of sp³-hybridized carbons (Fsp3) is 0.600. The quantitative estimate of drug-likeness (QED) is 0.832. The molecule has 1 N–H and O–H groups in total. The van der Waals surface area contributed by atoms with Gasteiger partial charge >= 0.3 is 0 Å². The summed E-state index contributed by atoms with van der Waals surface area (Å²) < 4.78 is 32.1. The van der Waals surface area contributed by atoms with Crippen molar-refractivity contribution in [3.63, 3.8) is 0 Å². The Bertz CT molecular complexity index is 585. The second kappa shape index (κ2) is 7.35. The van der Waals surface area contributed by atoms with Crippen molar-refractivity contribution < 1.29 is 13.2 Å². The Labute approximate surface area is 128 Å². The van der Waals surface area contributed by atoms with Gasteiger partial charge in [-0.1, -0.05) is 6.07 Å². The Morgan fingerprint density at radius 3 is 2.48 bits per heavy atom. The summed E-state index contributed by atoms with van der Waals surface area (Å²) in [5.41, 5.74) is 2.74. The number of ether oxygens (including phenoxy) is 1. The van der Waals surface area contributed by atoms with Crippen LogP contribution in [0.1, 0.15) is 23.6 Å². The summed E-state index contributed by atoms with van der Waals surface area (Å²) in [7, 11) is 1.48. The van der Waals surface area contributed by atoms with Crippen LogP contribution in [0.4, 0.5) is 0 Å². The number of methoxy groups -OCH3 is 1. The van der Waals surface area contributed by atoms with Crippen LogP contribution in [0.15, 0.2) is 17.0 Å². The number of sulfonamides is 1. The number of benzene rings is 1. The van der Waals surface area contributed by atoms with Crippen molar-refractivity contribution in [2.24, 2.45) is 0 Å². The van der Waals surface area contributed by atoms with Crippen LogP contribution in [0.25, 0.3) is 0 Å². The summed E-state index contributed by atoms with van der Waals surface area (Å²) in [5, 5.41) is 3.05. The molecule has 1 aromatic carbocycles. The van der Waals surface area contributed by atoms with Gasteiger partial charge in [0, 0.05) is 26.7 Å².